The first-order chi connectivity index (χ1) is 7.55. The molecule has 1 atom stereocenters. The molecule has 0 aliphatic heterocycles. The van der Waals surface area contributed by atoms with Gasteiger partial charge in [-0.25, -0.2) is 13.1 Å². The van der Waals surface area contributed by atoms with Gasteiger partial charge in [-0.1, -0.05) is 13.3 Å². The van der Waals surface area contributed by atoms with Crippen LogP contribution in [0, 0.1) is 0 Å². The van der Waals surface area contributed by atoms with Crippen LogP contribution in [0.25, 0.3) is 0 Å². The summed E-state index contributed by atoms with van der Waals surface area (Å²) in [5.41, 5.74) is 0.926. The normalized spacial score (nSPS) is 13.6. The molecule has 1 aromatic rings. The quantitative estimate of drug-likeness (QED) is 0.828. The molecule has 90 valence electrons. The fourth-order valence-electron chi connectivity index (χ4n) is 1.38. The summed E-state index contributed by atoms with van der Waals surface area (Å²) in [4.78, 5) is 3.90. The molecule has 1 aromatic heterocycles. The average Bonchev–Trinajstić information content (AvgIpc) is 2.27. The van der Waals surface area contributed by atoms with E-state index in [1.165, 1.54) is 0 Å². The molecule has 1 unspecified atom stereocenters. The Morgan fingerprint density at radius 2 is 2.00 bits per heavy atom. The van der Waals surface area contributed by atoms with Crippen LogP contribution in [0.1, 0.15) is 38.3 Å². The van der Waals surface area contributed by atoms with Crippen molar-refractivity contribution < 1.29 is 8.42 Å². The van der Waals surface area contributed by atoms with E-state index in [0.29, 0.717) is 6.42 Å². The van der Waals surface area contributed by atoms with Crippen molar-refractivity contribution in [1.82, 2.24) is 9.71 Å². The molecular formula is C11H18N2O2S. The summed E-state index contributed by atoms with van der Waals surface area (Å²) >= 11 is 0. The molecule has 0 saturated heterocycles. The zero-order valence-corrected chi connectivity index (χ0v) is 10.5. The number of unbranched alkanes of at least 4 members (excludes halogenated alkanes) is 1. The molecule has 0 amide bonds. The van der Waals surface area contributed by atoms with E-state index < -0.39 is 10.0 Å². The van der Waals surface area contributed by atoms with Gasteiger partial charge >= 0.3 is 0 Å². The highest BCUT2D eigenvalue weighted by Crippen LogP contribution is 2.11. The number of hydrogen-bond donors (Lipinski definition) is 1. The lowest BCUT2D eigenvalue weighted by Gasteiger charge is -2.14. The second-order valence-corrected chi connectivity index (χ2v) is 5.67. The minimum atomic E-state index is -3.16. The third-order valence-corrected chi connectivity index (χ3v) is 3.87. The molecular weight excluding hydrogens is 224 g/mol. The summed E-state index contributed by atoms with van der Waals surface area (Å²) in [7, 11) is -3.16. The van der Waals surface area contributed by atoms with Gasteiger partial charge in [0.25, 0.3) is 0 Å². The minimum absolute atomic E-state index is 0.193. The zero-order valence-electron chi connectivity index (χ0n) is 9.68. The van der Waals surface area contributed by atoms with Crippen molar-refractivity contribution in [2.24, 2.45) is 0 Å². The lowest BCUT2D eigenvalue weighted by Crippen LogP contribution is -2.29. The van der Waals surface area contributed by atoms with E-state index in [1.54, 1.807) is 12.4 Å². The van der Waals surface area contributed by atoms with Crippen molar-refractivity contribution in [3.05, 3.63) is 30.1 Å². The maximum absolute atomic E-state index is 11.6. The number of aromatic nitrogens is 1. The molecule has 0 radical (unpaired) electrons. The van der Waals surface area contributed by atoms with Gasteiger partial charge in [-0.2, -0.15) is 0 Å². The van der Waals surface area contributed by atoms with Gasteiger partial charge in [-0.15, -0.1) is 0 Å². The fourth-order valence-corrected chi connectivity index (χ4v) is 2.84. The zero-order chi connectivity index (χ0) is 12.0. The molecule has 16 heavy (non-hydrogen) atoms. The van der Waals surface area contributed by atoms with Gasteiger partial charge in [0, 0.05) is 18.4 Å². The number of pyridine rings is 1. The number of hydrogen-bond acceptors (Lipinski definition) is 3. The minimum Gasteiger partial charge on any atom is -0.265 e. The van der Waals surface area contributed by atoms with E-state index in [4.69, 9.17) is 0 Å². The Bertz CT molecular complexity index is 403. The van der Waals surface area contributed by atoms with Crippen LogP contribution < -0.4 is 4.72 Å². The van der Waals surface area contributed by atoms with Crippen LogP contribution >= 0.6 is 0 Å². The van der Waals surface area contributed by atoms with Crippen LogP contribution in [0.4, 0.5) is 0 Å². The predicted octanol–water partition coefficient (Wildman–Crippen LogP) is 1.86. The molecule has 0 bridgehead atoms. The molecule has 0 aliphatic rings. The summed E-state index contributed by atoms with van der Waals surface area (Å²) in [5, 5.41) is 0. The Labute approximate surface area is 97.2 Å². The maximum atomic E-state index is 11.6. The molecule has 0 aromatic carbocycles. The average molecular weight is 242 g/mol. The fraction of sp³-hybridized carbons (Fsp3) is 0.545. The number of nitrogens with zero attached hydrogens (tertiary/aromatic N) is 1. The van der Waals surface area contributed by atoms with E-state index >= 15 is 0 Å². The van der Waals surface area contributed by atoms with E-state index in [9.17, 15) is 8.42 Å². The lowest BCUT2D eigenvalue weighted by atomic mass is 10.1. The second-order valence-electron chi connectivity index (χ2n) is 3.79. The first-order valence-corrected chi connectivity index (χ1v) is 7.10. The molecule has 4 nitrogen and oxygen atoms in total. The van der Waals surface area contributed by atoms with Crippen molar-refractivity contribution in [1.29, 1.82) is 0 Å². The van der Waals surface area contributed by atoms with Gasteiger partial charge < -0.3 is 0 Å². The highest BCUT2D eigenvalue weighted by atomic mass is 32.2. The van der Waals surface area contributed by atoms with Crippen LogP contribution in [-0.2, 0) is 10.0 Å². The van der Waals surface area contributed by atoms with Crippen molar-refractivity contribution in [2.75, 3.05) is 5.75 Å². The van der Waals surface area contributed by atoms with Crippen LogP contribution in [0.3, 0.4) is 0 Å². The molecule has 5 heteroatoms. The Kier molecular flexibility index (Phi) is 4.89. The summed E-state index contributed by atoms with van der Waals surface area (Å²) in [6.07, 6.45) is 4.89. The van der Waals surface area contributed by atoms with Gasteiger partial charge in [0.05, 0.1) is 5.75 Å². The van der Waals surface area contributed by atoms with Crippen LogP contribution in [0.15, 0.2) is 24.5 Å². The third-order valence-electron chi connectivity index (χ3n) is 2.33. The highest BCUT2D eigenvalue weighted by molar-refractivity contribution is 7.89. The molecule has 1 heterocycles. The van der Waals surface area contributed by atoms with Crippen molar-refractivity contribution >= 4 is 10.0 Å². The standard InChI is InChI=1S/C11H18N2O2S/c1-3-4-9-16(14,15)13-10(2)11-5-7-12-8-6-11/h5-8,10,13H,3-4,9H2,1-2H3. The third kappa shape index (κ3) is 4.28. The molecule has 1 N–H and O–H groups in total. The van der Waals surface area contributed by atoms with E-state index in [1.807, 2.05) is 26.0 Å². The largest absolute Gasteiger partial charge is 0.265 e. The number of sulfonamides is 1. The smallest absolute Gasteiger partial charge is 0.212 e. The lowest BCUT2D eigenvalue weighted by molar-refractivity contribution is 0.563. The first kappa shape index (κ1) is 13.1. The Morgan fingerprint density at radius 3 is 2.56 bits per heavy atom. The van der Waals surface area contributed by atoms with E-state index in [2.05, 4.69) is 9.71 Å². The van der Waals surface area contributed by atoms with E-state index in [-0.39, 0.29) is 11.8 Å². The Hall–Kier alpha value is -0.940. The molecule has 0 fully saturated rings. The molecule has 0 aliphatic carbocycles. The van der Waals surface area contributed by atoms with E-state index in [0.717, 1.165) is 12.0 Å². The Balaban J connectivity index is 2.61. The van der Waals surface area contributed by atoms with Crippen LogP contribution in [0.5, 0.6) is 0 Å². The van der Waals surface area contributed by atoms with Crippen molar-refractivity contribution in [2.45, 2.75) is 32.7 Å². The topological polar surface area (TPSA) is 59.1 Å². The Morgan fingerprint density at radius 1 is 1.38 bits per heavy atom. The monoisotopic (exact) mass is 242 g/mol. The molecule has 0 saturated carbocycles. The SMILES string of the molecule is CCCCS(=O)(=O)NC(C)c1ccncc1. The van der Waals surface area contributed by atoms with Gasteiger partial charge in [0.15, 0.2) is 0 Å². The van der Waals surface area contributed by atoms with Gasteiger partial charge in [0.2, 0.25) is 10.0 Å². The summed E-state index contributed by atoms with van der Waals surface area (Å²) in [6.45, 7) is 3.81. The van der Waals surface area contributed by atoms with Crippen LogP contribution in [0.2, 0.25) is 0 Å². The van der Waals surface area contributed by atoms with Gasteiger partial charge in [-0.3, -0.25) is 4.98 Å². The highest BCUT2D eigenvalue weighted by Gasteiger charge is 2.14. The second kappa shape index (κ2) is 5.96. The molecule has 1 rings (SSSR count). The predicted molar refractivity (Wildman–Crippen MR) is 64.5 cm³/mol. The van der Waals surface area contributed by atoms with Crippen molar-refractivity contribution in [3.63, 3.8) is 0 Å². The summed E-state index contributed by atoms with van der Waals surface area (Å²) in [6, 6.07) is 3.42. The van der Waals surface area contributed by atoms with Crippen molar-refractivity contribution in [3.8, 4) is 0 Å². The summed E-state index contributed by atoms with van der Waals surface area (Å²) in [5.74, 6) is 0.193. The van der Waals surface area contributed by atoms with Gasteiger partial charge in [-0.05, 0) is 31.0 Å². The number of nitrogens with one attached hydrogen (secondary N) is 1. The first-order valence-electron chi connectivity index (χ1n) is 5.45. The summed E-state index contributed by atoms with van der Waals surface area (Å²) < 4.78 is 25.9. The molecule has 0 spiro atoms. The van der Waals surface area contributed by atoms with Gasteiger partial charge in [0.1, 0.15) is 0 Å². The van der Waals surface area contributed by atoms with Crippen LogP contribution in [-0.4, -0.2) is 19.2 Å². The maximum Gasteiger partial charge on any atom is 0.212 e. The number of rotatable bonds is 6.